The molecule has 0 amide bonds. The lowest BCUT2D eigenvalue weighted by atomic mass is 10.2. The molecular weight excluding hydrogens is 316 g/mol. The zero-order valence-corrected chi connectivity index (χ0v) is 14.4. The number of nitrogens with zero attached hydrogens (tertiary/aromatic N) is 2. The first-order chi connectivity index (χ1) is 12.0. The van der Waals surface area contributed by atoms with E-state index in [1.165, 1.54) is 36.2 Å². The summed E-state index contributed by atoms with van der Waals surface area (Å²) >= 11 is 0. The van der Waals surface area contributed by atoms with Crippen LogP contribution in [0, 0.1) is 5.21 Å². The monoisotopic (exact) mass is 338 g/mol. The molecule has 2 aromatic rings. The van der Waals surface area contributed by atoms with E-state index in [0.717, 1.165) is 18.7 Å². The predicted octanol–water partition coefficient (Wildman–Crippen LogP) is 4.16. The quantitative estimate of drug-likeness (QED) is 0.356. The fourth-order valence-corrected chi connectivity index (χ4v) is 2.45. The molecule has 5 heteroatoms. The van der Waals surface area contributed by atoms with Gasteiger partial charge in [0.15, 0.2) is 6.21 Å². The van der Waals surface area contributed by atoms with Crippen LogP contribution < -0.4 is 4.90 Å². The van der Waals surface area contributed by atoms with Gasteiger partial charge >= 0.3 is 5.97 Å². The van der Waals surface area contributed by atoms with Gasteiger partial charge in [0.1, 0.15) is 0 Å². The van der Waals surface area contributed by atoms with Crippen LogP contribution in [0.15, 0.2) is 54.6 Å². The molecule has 0 atom stereocenters. The molecule has 0 aliphatic carbocycles. The van der Waals surface area contributed by atoms with Crippen molar-refractivity contribution in [2.45, 2.75) is 13.8 Å². The highest BCUT2D eigenvalue weighted by atomic mass is 16.5. The second-order valence-electron chi connectivity index (χ2n) is 5.45. The van der Waals surface area contributed by atoms with Crippen molar-refractivity contribution in [3.8, 4) is 0 Å². The minimum absolute atomic E-state index is 0.154. The Labute approximate surface area is 147 Å². The van der Waals surface area contributed by atoms with Crippen LogP contribution in [-0.4, -0.2) is 35.1 Å². The summed E-state index contributed by atoms with van der Waals surface area (Å²) in [4.78, 5) is 13.1. The highest BCUT2D eigenvalue weighted by Crippen LogP contribution is 2.16. The van der Waals surface area contributed by atoms with Gasteiger partial charge < -0.3 is 15.2 Å². The number of allylic oxidation sites excluding steroid dienone is 1. The largest absolute Gasteiger partial charge is 0.618 e. The Morgan fingerprint density at radius 1 is 1.08 bits per heavy atom. The number of rotatable bonds is 7. The average Bonchev–Trinajstić information content (AvgIpc) is 2.64. The minimum atomic E-state index is -1.01. The van der Waals surface area contributed by atoms with Crippen molar-refractivity contribution in [2.24, 2.45) is 0 Å². The summed E-state index contributed by atoms with van der Waals surface area (Å²) in [6.45, 7) is 6.17. The number of aromatic carboxylic acids is 1. The van der Waals surface area contributed by atoms with E-state index in [1.807, 2.05) is 18.2 Å². The van der Waals surface area contributed by atoms with Gasteiger partial charge in [-0.3, -0.25) is 0 Å². The van der Waals surface area contributed by atoms with E-state index in [2.05, 4.69) is 30.9 Å². The topological polar surface area (TPSA) is 66.6 Å². The lowest BCUT2D eigenvalue weighted by Gasteiger charge is -2.20. The Kier molecular flexibility index (Phi) is 6.34. The van der Waals surface area contributed by atoms with Gasteiger partial charge in [0, 0.05) is 37.0 Å². The van der Waals surface area contributed by atoms with Gasteiger partial charge in [-0.05, 0) is 49.8 Å². The van der Waals surface area contributed by atoms with E-state index in [9.17, 15) is 10.0 Å². The third kappa shape index (κ3) is 4.94. The van der Waals surface area contributed by atoms with E-state index < -0.39 is 5.97 Å². The second kappa shape index (κ2) is 8.68. The van der Waals surface area contributed by atoms with Crippen LogP contribution >= 0.6 is 0 Å². The van der Waals surface area contributed by atoms with Crippen LogP contribution in [0.5, 0.6) is 0 Å². The zero-order valence-electron chi connectivity index (χ0n) is 14.4. The van der Waals surface area contributed by atoms with Gasteiger partial charge in [0.05, 0.1) is 5.56 Å². The first-order valence-electron chi connectivity index (χ1n) is 8.21. The van der Waals surface area contributed by atoms with E-state index in [1.54, 1.807) is 6.08 Å². The third-order valence-electron chi connectivity index (χ3n) is 3.90. The number of hydrogen-bond acceptors (Lipinski definition) is 3. The maximum atomic E-state index is 12.0. The molecule has 0 unspecified atom stereocenters. The maximum absolute atomic E-state index is 12.0. The third-order valence-corrected chi connectivity index (χ3v) is 3.90. The fraction of sp³-hybridized carbons (Fsp3) is 0.200. The van der Waals surface area contributed by atoms with Crippen molar-refractivity contribution in [3.63, 3.8) is 0 Å². The van der Waals surface area contributed by atoms with Crippen molar-refractivity contribution in [2.75, 3.05) is 18.0 Å². The van der Waals surface area contributed by atoms with E-state index in [0.29, 0.717) is 10.4 Å². The fourth-order valence-electron chi connectivity index (χ4n) is 2.45. The second-order valence-corrected chi connectivity index (χ2v) is 5.45. The molecule has 25 heavy (non-hydrogen) atoms. The number of carboxylic acid groups (broad SMARTS) is 1. The van der Waals surface area contributed by atoms with Crippen LogP contribution in [0.2, 0.25) is 0 Å². The van der Waals surface area contributed by atoms with Crippen molar-refractivity contribution in [1.29, 1.82) is 0 Å². The molecule has 1 N–H and O–H groups in total. The van der Waals surface area contributed by atoms with Gasteiger partial charge in [0.2, 0.25) is 5.69 Å². The summed E-state index contributed by atoms with van der Waals surface area (Å²) < 4.78 is 0.701. The summed E-state index contributed by atoms with van der Waals surface area (Å²) in [6.07, 6.45) is 4.92. The van der Waals surface area contributed by atoms with Crippen LogP contribution in [0.1, 0.15) is 29.8 Å². The molecule has 0 spiro atoms. The molecule has 0 aliphatic rings. The molecule has 130 valence electrons. The lowest BCUT2D eigenvalue weighted by molar-refractivity contribution is -0.354. The molecule has 5 nitrogen and oxygen atoms in total. The minimum Gasteiger partial charge on any atom is -0.618 e. The summed E-state index contributed by atoms with van der Waals surface area (Å²) in [5.74, 6) is -1.01. The van der Waals surface area contributed by atoms with Gasteiger partial charge in [-0.1, -0.05) is 12.1 Å². The summed E-state index contributed by atoms with van der Waals surface area (Å²) in [6, 6.07) is 13.9. The number of anilines is 1. The lowest BCUT2D eigenvalue weighted by Crippen LogP contribution is -2.21. The highest BCUT2D eigenvalue weighted by molar-refractivity contribution is 5.87. The number of carboxylic acids is 1. The van der Waals surface area contributed by atoms with Gasteiger partial charge in [0.25, 0.3) is 0 Å². The zero-order chi connectivity index (χ0) is 18.2. The van der Waals surface area contributed by atoms with Crippen LogP contribution in [0.3, 0.4) is 0 Å². The summed E-state index contributed by atoms with van der Waals surface area (Å²) in [5, 5.41) is 20.8. The Morgan fingerprint density at radius 3 is 2.20 bits per heavy atom. The van der Waals surface area contributed by atoms with E-state index in [4.69, 9.17) is 5.11 Å². The summed E-state index contributed by atoms with van der Waals surface area (Å²) in [5.41, 5.74) is 2.71. The van der Waals surface area contributed by atoms with Crippen molar-refractivity contribution in [1.82, 2.24) is 0 Å². The molecule has 0 fully saturated rings. The Bertz CT molecular complexity index is 759. The van der Waals surface area contributed by atoms with E-state index in [-0.39, 0.29) is 5.56 Å². The molecule has 0 saturated carbocycles. The highest BCUT2D eigenvalue weighted by Gasteiger charge is 2.05. The smallest absolute Gasteiger partial charge is 0.335 e. The molecule has 0 saturated heterocycles. The molecule has 2 aromatic carbocycles. The maximum Gasteiger partial charge on any atom is 0.335 e. The molecule has 0 aliphatic heterocycles. The van der Waals surface area contributed by atoms with E-state index >= 15 is 0 Å². The predicted molar refractivity (Wildman–Crippen MR) is 102 cm³/mol. The Morgan fingerprint density at radius 2 is 1.68 bits per heavy atom. The first kappa shape index (κ1) is 18.3. The average molecular weight is 338 g/mol. The molecule has 0 heterocycles. The van der Waals surface area contributed by atoms with Crippen LogP contribution in [-0.2, 0) is 0 Å². The standard InChI is InChI=1S/C20H22N2O3/c1-3-21(4-2)18-11-7-16(8-12-18)6-5-15-22(25)19-13-9-17(10-14-19)20(23)24/h5-15H,3-4H2,1-2H3,(H,23,24). The normalized spacial score (nSPS) is 11.7. The van der Waals surface area contributed by atoms with Gasteiger partial charge in [-0.25, -0.2) is 4.79 Å². The van der Waals surface area contributed by atoms with Crippen molar-refractivity contribution < 1.29 is 14.6 Å². The van der Waals surface area contributed by atoms with Crippen LogP contribution in [0.25, 0.3) is 6.08 Å². The van der Waals surface area contributed by atoms with Crippen molar-refractivity contribution in [3.05, 3.63) is 70.9 Å². The van der Waals surface area contributed by atoms with Gasteiger partial charge in [-0.2, -0.15) is 4.74 Å². The Hall–Kier alpha value is -3.08. The van der Waals surface area contributed by atoms with Crippen molar-refractivity contribution >= 4 is 29.6 Å². The molecule has 0 bridgehead atoms. The molecule has 2 rings (SSSR count). The van der Waals surface area contributed by atoms with Crippen LogP contribution in [0.4, 0.5) is 11.4 Å². The number of carbonyl (C=O) groups is 1. The summed E-state index contributed by atoms with van der Waals surface area (Å²) in [7, 11) is 0. The number of benzene rings is 2. The molecular formula is C20H22N2O3. The first-order valence-corrected chi connectivity index (χ1v) is 8.21. The molecule has 0 aromatic heterocycles. The Balaban J connectivity index is 2.05. The van der Waals surface area contributed by atoms with Gasteiger partial charge in [-0.15, -0.1) is 0 Å². The SMILES string of the molecule is CCN(CC)c1ccc(C=CC=[N+]([O-])c2ccc(C(=O)O)cc2)cc1. The number of hydrogen-bond donors (Lipinski definition) is 1. The molecule has 0 radical (unpaired) electrons.